The molecule has 136 valence electrons. The van der Waals surface area contributed by atoms with Crippen molar-refractivity contribution in [3.63, 3.8) is 0 Å². The van der Waals surface area contributed by atoms with Gasteiger partial charge in [-0.05, 0) is 36.7 Å². The van der Waals surface area contributed by atoms with Crippen LogP contribution >= 0.6 is 8.58 Å². The molecule has 0 saturated heterocycles. The van der Waals surface area contributed by atoms with Crippen molar-refractivity contribution in [2.24, 2.45) is 0 Å². The van der Waals surface area contributed by atoms with Crippen molar-refractivity contribution in [3.8, 4) is 5.75 Å². The summed E-state index contributed by atoms with van der Waals surface area (Å²) in [5.74, 6) is 0.922. The topological polar surface area (TPSA) is 38.7 Å². The lowest BCUT2D eigenvalue weighted by molar-refractivity contribution is 0.0495. The van der Waals surface area contributed by atoms with E-state index >= 15 is 0 Å². The van der Waals surface area contributed by atoms with Gasteiger partial charge in [0.15, 0.2) is 6.79 Å². The zero-order valence-electron chi connectivity index (χ0n) is 15.8. The second kappa shape index (κ2) is 8.80. The van der Waals surface area contributed by atoms with Gasteiger partial charge in [0.1, 0.15) is 5.75 Å². The van der Waals surface area contributed by atoms with E-state index in [0.717, 1.165) is 23.3 Å². The van der Waals surface area contributed by atoms with Gasteiger partial charge < -0.3 is 14.6 Å². The predicted molar refractivity (Wildman–Crippen MR) is 106 cm³/mol. The van der Waals surface area contributed by atoms with Gasteiger partial charge >= 0.3 is 0 Å². The third kappa shape index (κ3) is 4.61. The van der Waals surface area contributed by atoms with E-state index in [1.54, 1.807) is 7.11 Å². The van der Waals surface area contributed by atoms with Crippen LogP contribution in [0.15, 0.2) is 36.4 Å². The van der Waals surface area contributed by atoms with E-state index in [1.165, 1.54) is 16.4 Å². The third-order valence-electron chi connectivity index (χ3n) is 4.64. The van der Waals surface area contributed by atoms with Crippen molar-refractivity contribution in [2.75, 3.05) is 13.9 Å². The number of hydrogen-bond acceptors (Lipinski definition) is 3. The van der Waals surface area contributed by atoms with Crippen LogP contribution in [0, 0.1) is 13.8 Å². The Morgan fingerprint density at radius 3 is 2.52 bits per heavy atom. The maximum Gasteiger partial charge on any atom is 0.188 e. The first-order chi connectivity index (χ1) is 11.9. The molecular formula is C21H29O3P. The first-order valence-electron chi connectivity index (χ1n) is 8.65. The lowest BCUT2D eigenvalue weighted by atomic mass is 9.92. The van der Waals surface area contributed by atoms with Crippen LogP contribution in [0.25, 0.3) is 0 Å². The Morgan fingerprint density at radius 1 is 1.16 bits per heavy atom. The summed E-state index contributed by atoms with van der Waals surface area (Å²) < 4.78 is 11.1. The molecule has 0 aromatic heterocycles. The molecule has 0 radical (unpaired) electrons. The number of ether oxygens (including phenoxy) is 2. The van der Waals surface area contributed by atoms with E-state index in [4.69, 9.17) is 9.47 Å². The SMILES string of the molecule is CCC(C)(Pc1ccccc1CO)c1cc(C)cc(C)c1OCOC. The summed E-state index contributed by atoms with van der Waals surface area (Å²) in [6.45, 7) is 9.02. The molecule has 0 aliphatic carbocycles. The molecule has 0 bridgehead atoms. The number of methoxy groups -OCH3 is 1. The summed E-state index contributed by atoms with van der Waals surface area (Å²) in [6.07, 6.45) is 0.984. The van der Waals surface area contributed by atoms with Crippen molar-refractivity contribution >= 4 is 13.9 Å². The highest BCUT2D eigenvalue weighted by atomic mass is 31.1. The number of benzene rings is 2. The minimum absolute atomic E-state index is 0.0644. The Bertz CT molecular complexity index is 714. The molecule has 0 aliphatic rings. The second-order valence-electron chi connectivity index (χ2n) is 6.64. The van der Waals surface area contributed by atoms with E-state index in [9.17, 15) is 5.11 Å². The average Bonchev–Trinajstić information content (AvgIpc) is 2.60. The Hall–Kier alpha value is -1.41. The van der Waals surface area contributed by atoms with Crippen LogP contribution in [0.5, 0.6) is 5.75 Å². The molecule has 1 N–H and O–H groups in total. The van der Waals surface area contributed by atoms with Gasteiger partial charge in [-0.1, -0.05) is 64.4 Å². The molecule has 2 aromatic carbocycles. The molecule has 2 rings (SSSR count). The number of aryl methyl sites for hydroxylation is 2. The molecule has 2 unspecified atom stereocenters. The van der Waals surface area contributed by atoms with Crippen LogP contribution in [-0.4, -0.2) is 19.0 Å². The molecule has 0 aliphatic heterocycles. The van der Waals surface area contributed by atoms with Crippen molar-refractivity contribution in [1.29, 1.82) is 0 Å². The Balaban J connectivity index is 2.51. The first-order valence-corrected chi connectivity index (χ1v) is 9.65. The summed E-state index contributed by atoms with van der Waals surface area (Å²) in [5, 5.41) is 10.8. The highest BCUT2D eigenvalue weighted by Crippen LogP contribution is 2.48. The minimum Gasteiger partial charge on any atom is -0.467 e. The van der Waals surface area contributed by atoms with E-state index in [1.807, 2.05) is 18.2 Å². The molecule has 0 fully saturated rings. The van der Waals surface area contributed by atoms with Crippen LogP contribution in [-0.2, 0) is 16.5 Å². The Kier molecular flexibility index (Phi) is 7.01. The molecule has 2 atom stereocenters. The summed E-state index contributed by atoms with van der Waals surface area (Å²) >= 11 is 0. The number of aliphatic hydroxyl groups excluding tert-OH is 1. The van der Waals surface area contributed by atoms with E-state index < -0.39 is 0 Å². The zero-order valence-corrected chi connectivity index (χ0v) is 16.8. The van der Waals surface area contributed by atoms with Crippen molar-refractivity contribution < 1.29 is 14.6 Å². The van der Waals surface area contributed by atoms with E-state index in [0.29, 0.717) is 8.58 Å². The van der Waals surface area contributed by atoms with Gasteiger partial charge in [-0.15, -0.1) is 0 Å². The van der Waals surface area contributed by atoms with Crippen LogP contribution in [0.4, 0.5) is 0 Å². The Labute approximate surface area is 153 Å². The maximum absolute atomic E-state index is 9.68. The van der Waals surface area contributed by atoms with Gasteiger partial charge in [0.05, 0.1) is 6.61 Å². The van der Waals surface area contributed by atoms with Gasteiger partial charge in [0, 0.05) is 17.8 Å². The van der Waals surface area contributed by atoms with Gasteiger partial charge in [0.2, 0.25) is 0 Å². The van der Waals surface area contributed by atoms with Gasteiger partial charge in [0.25, 0.3) is 0 Å². The lowest BCUT2D eigenvalue weighted by Gasteiger charge is -2.32. The zero-order chi connectivity index (χ0) is 18.4. The van der Waals surface area contributed by atoms with Gasteiger partial charge in [-0.25, -0.2) is 0 Å². The smallest absolute Gasteiger partial charge is 0.188 e. The minimum atomic E-state index is -0.0644. The number of rotatable bonds is 8. The quantitative estimate of drug-likeness (QED) is 0.560. The summed E-state index contributed by atoms with van der Waals surface area (Å²) in [6, 6.07) is 12.5. The largest absolute Gasteiger partial charge is 0.467 e. The van der Waals surface area contributed by atoms with E-state index in [-0.39, 0.29) is 18.6 Å². The lowest BCUT2D eigenvalue weighted by Crippen LogP contribution is -2.22. The third-order valence-corrected chi connectivity index (χ3v) is 6.57. The van der Waals surface area contributed by atoms with Gasteiger partial charge in [-0.3, -0.25) is 0 Å². The molecule has 0 amide bonds. The van der Waals surface area contributed by atoms with Crippen molar-refractivity contribution in [2.45, 2.75) is 45.9 Å². The molecule has 0 spiro atoms. The predicted octanol–water partition coefficient (Wildman–Crippen LogP) is 4.41. The fourth-order valence-electron chi connectivity index (χ4n) is 3.10. The van der Waals surface area contributed by atoms with E-state index in [2.05, 4.69) is 45.9 Å². The van der Waals surface area contributed by atoms with Crippen molar-refractivity contribution in [1.82, 2.24) is 0 Å². The van der Waals surface area contributed by atoms with Crippen LogP contribution < -0.4 is 10.0 Å². The highest BCUT2D eigenvalue weighted by molar-refractivity contribution is 7.48. The number of aliphatic hydroxyl groups is 1. The molecule has 25 heavy (non-hydrogen) atoms. The monoisotopic (exact) mass is 360 g/mol. The fraction of sp³-hybridized carbons (Fsp3) is 0.429. The molecular weight excluding hydrogens is 331 g/mol. The molecule has 4 heteroatoms. The second-order valence-corrected chi connectivity index (χ2v) is 8.53. The molecule has 2 aromatic rings. The summed E-state index contributed by atoms with van der Waals surface area (Å²) in [7, 11) is 2.19. The molecule has 0 saturated carbocycles. The summed E-state index contributed by atoms with van der Waals surface area (Å²) in [4.78, 5) is 0. The number of hydrogen-bond donors (Lipinski definition) is 1. The molecule has 3 nitrogen and oxygen atoms in total. The first kappa shape index (κ1) is 19.9. The maximum atomic E-state index is 9.68. The standard InChI is InChI=1S/C21H29O3P/c1-6-21(4,25-19-10-8-7-9-17(19)13-22)18-12-15(2)11-16(3)20(18)24-14-23-5/h7-12,22,25H,6,13-14H2,1-5H3. The van der Waals surface area contributed by atoms with Gasteiger partial charge in [-0.2, -0.15) is 0 Å². The highest BCUT2D eigenvalue weighted by Gasteiger charge is 2.30. The summed E-state index contributed by atoms with van der Waals surface area (Å²) in [5.41, 5.74) is 4.59. The van der Waals surface area contributed by atoms with Crippen LogP contribution in [0.2, 0.25) is 0 Å². The fourth-order valence-corrected chi connectivity index (χ4v) is 4.69. The molecule has 0 heterocycles. The van der Waals surface area contributed by atoms with Crippen LogP contribution in [0.3, 0.4) is 0 Å². The van der Waals surface area contributed by atoms with Crippen LogP contribution in [0.1, 0.15) is 42.5 Å². The Morgan fingerprint density at radius 2 is 1.88 bits per heavy atom. The average molecular weight is 360 g/mol. The van der Waals surface area contributed by atoms with Crippen molar-refractivity contribution in [3.05, 3.63) is 58.7 Å². The normalized spacial score (nSPS) is 14.0.